The van der Waals surface area contributed by atoms with E-state index < -0.39 is 16.6 Å². The number of nitro benzene ring substituents is 1. The number of nitrogens with one attached hydrogen (secondary N) is 2. The van der Waals surface area contributed by atoms with Crippen LogP contribution in [0.2, 0.25) is 0 Å². The number of amides is 1. The Balaban J connectivity index is 2.24. The Morgan fingerprint density at radius 3 is 2.86 bits per heavy atom. The molecule has 2 rings (SSSR count). The molecule has 6 nitrogen and oxygen atoms in total. The van der Waals surface area contributed by atoms with Crippen LogP contribution in [-0.2, 0) is 0 Å². The Morgan fingerprint density at radius 1 is 1.52 bits per heavy atom. The maximum Gasteiger partial charge on any atom is 0.285 e. The number of nitro groups is 1. The van der Waals surface area contributed by atoms with Crippen LogP contribution in [0, 0.1) is 22.9 Å². The quantitative estimate of drug-likeness (QED) is 0.659. The summed E-state index contributed by atoms with van der Waals surface area (Å²) in [6.07, 6.45) is 1.49. The number of hydrogen-bond acceptors (Lipinski definition) is 4. The Kier molecular flexibility index (Phi) is 4.52. The Morgan fingerprint density at radius 2 is 2.24 bits per heavy atom. The molecule has 1 fully saturated rings. The smallest absolute Gasteiger partial charge is 0.285 e. The second kappa shape index (κ2) is 6.17. The van der Waals surface area contributed by atoms with Gasteiger partial charge in [-0.2, -0.15) is 0 Å². The van der Waals surface area contributed by atoms with Crippen molar-refractivity contribution in [3.8, 4) is 0 Å². The molecule has 1 aliphatic heterocycles. The summed E-state index contributed by atoms with van der Waals surface area (Å²) in [6.45, 7) is 4.20. The monoisotopic (exact) mass is 295 g/mol. The van der Waals surface area contributed by atoms with Crippen molar-refractivity contribution in [2.75, 3.05) is 6.54 Å². The molecule has 0 saturated carbocycles. The molecule has 2 N–H and O–H groups in total. The van der Waals surface area contributed by atoms with Crippen molar-refractivity contribution in [3.05, 3.63) is 39.2 Å². The highest BCUT2D eigenvalue weighted by atomic mass is 19.1. The van der Waals surface area contributed by atoms with Crippen LogP contribution in [0.5, 0.6) is 0 Å². The summed E-state index contributed by atoms with van der Waals surface area (Å²) in [5.41, 5.74) is -0.414. The molecule has 1 amide bonds. The molecule has 2 unspecified atom stereocenters. The van der Waals surface area contributed by atoms with Gasteiger partial charge in [-0.1, -0.05) is 0 Å². The van der Waals surface area contributed by atoms with Crippen molar-refractivity contribution in [1.29, 1.82) is 0 Å². The number of carbonyl (C=O) groups is 1. The minimum absolute atomic E-state index is 0.0584. The summed E-state index contributed by atoms with van der Waals surface area (Å²) in [5, 5.41) is 17.1. The van der Waals surface area contributed by atoms with E-state index in [1.807, 2.05) is 6.92 Å². The van der Waals surface area contributed by atoms with Crippen LogP contribution in [0.15, 0.2) is 12.1 Å². The van der Waals surface area contributed by atoms with Crippen LogP contribution < -0.4 is 10.6 Å². The second-order valence-electron chi connectivity index (χ2n) is 5.43. The highest BCUT2D eigenvalue weighted by molar-refractivity contribution is 5.98. The van der Waals surface area contributed by atoms with Gasteiger partial charge in [0.2, 0.25) is 0 Å². The van der Waals surface area contributed by atoms with Gasteiger partial charge in [-0.25, -0.2) is 4.39 Å². The summed E-state index contributed by atoms with van der Waals surface area (Å²) in [4.78, 5) is 22.7. The van der Waals surface area contributed by atoms with E-state index in [1.165, 1.54) is 6.92 Å². The molecule has 1 saturated heterocycles. The SMILES string of the molecule is Cc1cc(F)cc(C(=O)NC2CCNC(C)C2)c1[N+](=O)[O-]. The molecule has 1 aromatic rings. The van der Waals surface area contributed by atoms with E-state index in [4.69, 9.17) is 0 Å². The number of carbonyl (C=O) groups excluding carboxylic acids is 1. The van der Waals surface area contributed by atoms with Crippen LogP contribution in [0.4, 0.5) is 10.1 Å². The first-order valence-electron chi connectivity index (χ1n) is 6.87. The number of hydrogen-bond donors (Lipinski definition) is 2. The molecular formula is C14H18FN3O3. The standard InChI is InChI=1S/C14H18FN3O3/c1-8-5-10(15)7-12(13(8)18(20)21)14(19)17-11-3-4-16-9(2)6-11/h5,7,9,11,16H,3-4,6H2,1-2H3,(H,17,19). The number of benzene rings is 1. The largest absolute Gasteiger partial charge is 0.349 e. The molecular weight excluding hydrogens is 277 g/mol. The molecule has 1 heterocycles. The maximum absolute atomic E-state index is 13.5. The normalized spacial score (nSPS) is 21.9. The Bertz CT molecular complexity index is 577. The third-order valence-corrected chi connectivity index (χ3v) is 3.65. The zero-order chi connectivity index (χ0) is 15.6. The van der Waals surface area contributed by atoms with Gasteiger partial charge in [-0.15, -0.1) is 0 Å². The van der Waals surface area contributed by atoms with E-state index in [-0.39, 0.29) is 28.9 Å². The fourth-order valence-electron chi connectivity index (χ4n) is 2.68. The molecule has 1 aromatic carbocycles. The van der Waals surface area contributed by atoms with Crippen molar-refractivity contribution >= 4 is 11.6 Å². The van der Waals surface area contributed by atoms with Crippen LogP contribution in [0.3, 0.4) is 0 Å². The lowest BCUT2D eigenvalue weighted by Gasteiger charge is -2.28. The number of nitrogens with zero attached hydrogens (tertiary/aromatic N) is 1. The summed E-state index contributed by atoms with van der Waals surface area (Å²) in [7, 11) is 0. The van der Waals surface area contributed by atoms with Crippen molar-refractivity contribution in [2.24, 2.45) is 0 Å². The first kappa shape index (κ1) is 15.4. The minimum atomic E-state index is -0.651. The predicted molar refractivity (Wildman–Crippen MR) is 75.7 cm³/mol. The van der Waals surface area contributed by atoms with Crippen LogP contribution in [0.25, 0.3) is 0 Å². The number of piperidine rings is 1. The van der Waals surface area contributed by atoms with Crippen molar-refractivity contribution in [1.82, 2.24) is 10.6 Å². The molecule has 114 valence electrons. The highest BCUT2D eigenvalue weighted by Crippen LogP contribution is 2.25. The van der Waals surface area contributed by atoms with E-state index in [0.717, 1.165) is 31.5 Å². The predicted octanol–water partition coefficient (Wildman–Crippen LogP) is 1.91. The molecule has 0 spiro atoms. The van der Waals surface area contributed by atoms with Gasteiger partial charge in [0.15, 0.2) is 0 Å². The van der Waals surface area contributed by atoms with Crippen molar-refractivity contribution in [3.63, 3.8) is 0 Å². The van der Waals surface area contributed by atoms with E-state index in [9.17, 15) is 19.3 Å². The van der Waals surface area contributed by atoms with E-state index in [2.05, 4.69) is 10.6 Å². The highest BCUT2D eigenvalue weighted by Gasteiger charge is 2.27. The van der Waals surface area contributed by atoms with Crippen LogP contribution in [-0.4, -0.2) is 29.5 Å². The summed E-state index contributed by atoms with van der Waals surface area (Å²) < 4.78 is 13.5. The van der Waals surface area contributed by atoms with E-state index in [0.29, 0.717) is 0 Å². The fraction of sp³-hybridized carbons (Fsp3) is 0.500. The third-order valence-electron chi connectivity index (χ3n) is 3.65. The lowest BCUT2D eigenvalue weighted by atomic mass is 9.99. The van der Waals surface area contributed by atoms with Crippen LogP contribution in [0.1, 0.15) is 35.7 Å². The van der Waals surface area contributed by atoms with Gasteiger partial charge in [-0.05, 0) is 45.4 Å². The molecule has 7 heteroatoms. The van der Waals surface area contributed by atoms with Crippen LogP contribution >= 0.6 is 0 Å². The molecule has 0 aromatic heterocycles. The van der Waals surface area contributed by atoms with Gasteiger partial charge >= 0.3 is 0 Å². The lowest BCUT2D eigenvalue weighted by molar-refractivity contribution is -0.385. The molecule has 21 heavy (non-hydrogen) atoms. The van der Waals surface area contributed by atoms with Crippen molar-refractivity contribution in [2.45, 2.75) is 38.8 Å². The van der Waals surface area contributed by atoms with Gasteiger partial charge in [-0.3, -0.25) is 14.9 Å². The van der Waals surface area contributed by atoms with Gasteiger partial charge < -0.3 is 10.6 Å². The Labute approximate surface area is 121 Å². The Hall–Kier alpha value is -2.02. The number of rotatable bonds is 3. The molecule has 0 aliphatic carbocycles. The first-order valence-corrected chi connectivity index (χ1v) is 6.87. The summed E-state index contributed by atoms with van der Waals surface area (Å²) >= 11 is 0. The molecule has 0 bridgehead atoms. The zero-order valence-corrected chi connectivity index (χ0v) is 12.0. The average molecular weight is 295 g/mol. The van der Waals surface area contributed by atoms with E-state index in [1.54, 1.807) is 0 Å². The lowest BCUT2D eigenvalue weighted by Crippen LogP contribution is -2.46. The minimum Gasteiger partial charge on any atom is -0.349 e. The zero-order valence-electron chi connectivity index (χ0n) is 12.0. The van der Waals surface area contributed by atoms with Gasteiger partial charge in [0.05, 0.1) is 4.92 Å². The molecule has 1 aliphatic rings. The first-order chi connectivity index (χ1) is 9.88. The summed E-state index contributed by atoms with van der Waals surface area (Å²) in [6, 6.07) is 2.19. The number of aryl methyl sites for hydroxylation is 1. The van der Waals surface area contributed by atoms with Gasteiger partial charge in [0.25, 0.3) is 11.6 Å². The third kappa shape index (κ3) is 3.55. The van der Waals surface area contributed by atoms with E-state index >= 15 is 0 Å². The van der Waals surface area contributed by atoms with Gasteiger partial charge in [0, 0.05) is 17.6 Å². The fourth-order valence-corrected chi connectivity index (χ4v) is 2.68. The molecule has 2 atom stereocenters. The average Bonchev–Trinajstić information content (AvgIpc) is 2.37. The van der Waals surface area contributed by atoms with Gasteiger partial charge in [0.1, 0.15) is 11.4 Å². The topological polar surface area (TPSA) is 84.3 Å². The maximum atomic E-state index is 13.5. The second-order valence-corrected chi connectivity index (χ2v) is 5.43. The summed E-state index contributed by atoms with van der Waals surface area (Å²) in [5.74, 6) is -1.25. The van der Waals surface area contributed by atoms with Crippen molar-refractivity contribution < 1.29 is 14.1 Å². The molecule has 0 radical (unpaired) electrons. The number of halogens is 1.